The molecule has 2 saturated heterocycles. The van der Waals surface area contributed by atoms with E-state index in [0.717, 1.165) is 18.7 Å². The topological polar surface area (TPSA) is 70.1 Å². The highest BCUT2D eigenvalue weighted by atomic mass is 16.5. The number of aliphatic hydroxyl groups is 1. The van der Waals surface area contributed by atoms with Crippen LogP contribution in [0.5, 0.6) is 5.75 Å². The molecule has 6 nitrogen and oxygen atoms in total. The molecule has 0 saturated carbocycles. The van der Waals surface area contributed by atoms with Crippen LogP contribution in [0.3, 0.4) is 0 Å². The van der Waals surface area contributed by atoms with E-state index in [0.29, 0.717) is 32.4 Å². The van der Waals surface area contributed by atoms with Crippen molar-refractivity contribution in [1.29, 1.82) is 0 Å². The fourth-order valence-corrected chi connectivity index (χ4v) is 3.54. The van der Waals surface area contributed by atoms with Crippen molar-refractivity contribution in [3.63, 3.8) is 0 Å². The molecule has 1 N–H and O–H groups in total. The molecule has 1 aromatic rings. The molecule has 0 unspecified atom stereocenters. The van der Waals surface area contributed by atoms with Crippen molar-refractivity contribution in [3.8, 4) is 5.75 Å². The Kier molecular flexibility index (Phi) is 5.27. The van der Waals surface area contributed by atoms with Crippen LogP contribution >= 0.6 is 0 Å². The maximum atomic E-state index is 12.5. The lowest BCUT2D eigenvalue weighted by Gasteiger charge is -2.42. The standard InChI is InChI=1S/C19H26N2O4/c1-19(24)14-21(18(23)10-13-20-11-5-8-17(20)22)12-9-16(19)25-15-6-3-2-4-7-15/h2-4,6-7,16,24H,5,8-14H2,1H3/t16-,19-/m0/s1. The van der Waals surface area contributed by atoms with Crippen molar-refractivity contribution in [3.05, 3.63) is 30.3 Å². The average molecular weight is 346 g/mol. The number of rotatable bonds is 5. The van der Waals surface area contributed by atoms with E-state index in [1.165, 1.54) is 0 Å². The molecule has 2 aliphatic heterocycles. The molecule has 0 radical (unpaired) electrons. The molecule has 2 heterocycles. The summed E-state index contributed by atoms with van der Waals surface area (Å²) >= 11 is 0. The first-order valence-corrected chi connectivity index (χ1v) is 8.95. The third kappa shape index (κ3) is 4.31. The molecule has 0 spiro atoms. The first kappa shape index (κ1) is 17.7. The zero-order valence-electron chi connectivity index (χ0n) is 14.7. The van der Waals surface area contributed by atoms with E-state index in [1.807, 2.05) is 30.3 Å². The van der Waals surface area contributed by atoms with E-state index in [4.69, 9.17) is 4.74 Å². The summed E-state index contributed by atoms with van der Waals surface area (Å²) in [5.41, 5.74) is -1.10. The Morgan fingerprint density at radius 3 is 2.72 bits per heavy atom. The zero-order valence-corrected chi connectivity index (χ0v) is 14.7. The highest BCUT2D eigenvalue weighted by molar-refractivity contribution is 5.80. The molecule has 0 bridgehead atoms. The highest BCUT2D eigenvalue weighted by Crippen LogP contribution is 2.26. The fourth-order valence-electron chi connectivity index (χ4n) is 3.54. The van der Waals surface area contributed by atoms with Gasteiger partial charge in [0.05, 0.1) is 6.54 Å². The number of benzene rings is 1. The minimum atomic E-state index is -1.10. The number of nitrogens with zero attached hydrogens (tertiary/aromatic N) is 2. The summed E-state index contributed by atoms with van der Waals surface area (Å²) in [6.07, 6.45) is 2.01. The Morgan fingerprint density at radius 1 is 1.32 bits per heavy atom. The fraction of sp³-hybridized carbons (Fsp3) is 0.579. The van der Waals surface area contributed by atoms with Crippen LogP contribution in [-0.2, 0) is 9.59 Å². The number of para-hydroxylation sites is 1. The molecule has 2 atom stereocenters. The van der Waals surface area contributed by atoms with Crippen molar-refractivity contribution >= 4 is 11.8 Å². The summed E-state index contributed by atoms with van der Waals surface area (Å²) in [6, 6.07) is 9.42. The molecule has 3 rings (SSSR count). The van der Waals surface area contributed by atoms with Crippen LogP contribution in [0.25, 0.3) is 0 Å². The Balaban J connectivity index is 1.52. The van der Waals surface area contributed by atoms with Crippen LogP contribution in [0.1, 0.15) is 32.6 Å². The van der Waals surface area contributed by atoms with Gasteiger partial charge in [0.25, 0.3) is 0 Å². The Bertz CT molecular complexity index is 617. The maximum Gasteiger partial charge on any atom is 0.224 e. The van der Waals surface area contributed by atoms with Gasteiger partial charge in [-0.2, -0.15) is 0 Å². The number of ether oxygens (including phenoxy) is 1. The molecular weight excluding hydrogens is 320 g/mol. The number of carbonyl (C=O) groups excluding carboxylic acids is 2. The van der Waals surface area contributed by atoms with E-state index in [9.17, 15) is 14.7 Å². The molecule has 2 aliphatic rings. The van der Waals surface area contributed by atoms with Gasteiger partial charge in [0.1, 0.15) is 17.5 Å². The van der Waals surface area contributed by atoms with Gasteiger partial charge < -0.3 is 19.6 Å². The predicted octanol–water partition coefficient (Wildman–Crippen LogP) is 1.43. The van der Waals surface area contributed by atoms with Crippen molar-refractivity contribution < 1.29 is 19.4 Å². The molecule has 1 aromatic carbocycles. The number of amides is 2. The van der Waals surface area contributed by atoms with Gasteiger partial charge >= 0.3 is 0 Å². The van der Waals surface area contributed by atoms with Gasteiger partial charge in [-0.1, -0.05) is 18.2 Å². The molecule has 6 heteroatoms. The minimum Gasteiger partial charge on any atom is -0.487 e. The molecule has 2 amide bonds. The molecule has 2 fully saturated rings. The van der Waals surface area contributed by atoms with Crippen LogP contribution in [0.15, 0.2) is 30.3 Å². The average Bonchev–Trinajstić information content (AvgIpc) is 3.00. The van der Waals surface area contributed by atoms with Gasteiger partial charge in [-0.15, -0.1) is 0 Å². The van der Waals surface area contributed by atoms with Crippen LogP contribution in [0.4, 0.5) is 0 Å². The quantitative estimate of drug-likeness (QED) is 0.876. The summed E-state index contributed by atoms with van der Waals surface area (Å²) in [5, 5.41) is 10.8. The highest BCUT2D eigenvalue weighted by Gasteiger charge is 2.41. The zero-order chi connectivity index (χ0) is 17.9. The van der Waals surface area contributed by atoms with Crippen LogP contribution < -0.4 is 4.74 Å². The first-order chi connectivity index (χ1) is 12.0. The second-order valence-electron chi connectivity index (χ2n) is 7.12. The molecule has 25 heavy (non-hydrogen) atoms. The number of carbonyl (C=O) groups is 2. The van der Waals surface area contributed by atoms with Gasteiger partial charge in [0.15, 0.2) is 0 Å². The van der Waals surface area contributed by atoms with Gasteiger partial charge in [-0.3, -0.25) is 9.59 Å². The van der Waals surface area contributed by atoms with E-state index < -0.39 is 5.60 Å². The number of hydrogen-bond donors (Lipinski definition) is 1. The van der Waals surface area contributed by atoms with E-state index >= 15 is 0 Å². The minimum absolute atomic E-state index is 0.0156. The summed E-state index contributed by atoms with van der Waals surface area (Å²) < 4.78 is 5.91. The summed E-state index contributed by atoms with van der Waals surface area (Å²) in [4.78, 5) is 27.5. The van der Waals surface area contributed by atoms with Gasteiger partial charge in [0.2, 0.25) is 11.8 Å². The van der Waals surface area contributed by atoms with Crippen molar-refractivity contribution in [2.24, 2.45) is 0 Å². The normalized spacial score (nSPS) is 26.8. The largest absolute Gasteiger partial charge is 0.487 e. The number of hydrogen-bond acceptors (Lipinski definition) is 4. The Labute approximate surface area is 148 Å². The Hall–Kier alpha value is -2.08. The predicted molar refractivity (Wildman–Crippen MR) is 93.1 cm³/mol. The molecule has 0 aliphatic carbocycles. The van der Waals surface area contributed by atoms with E-state index in [2.05, 4.69) is 0 Å². The third-order valence-corrected chi connectivity index (χ3v) is 5.01. The van der Waals surface area contributed by atoms with Crippen LogP contribution in [0, 0.1) is 0 Å². The first-order valence-electron chi connectivity index (χ1n) is 8.95. The maximum absolute atomic E-state index is 12.5. The lowest BCUT2D eigenvalue weighted by atomic mass is 9.91. The number of piperidine rings is 1. The van der Waals surface area contributed by atoms with E-state index in [1.54, 1.807) is 16.7 Å². The van der Waals surface area contributed by atoms with Crippen LogP contribution in [-0.4, -0.2) is 64.6 Å². The van der Waals surface area contributed by atoms with Crippen LogP contribution in [0.2, 0.25) is 0 Å². The van der Waals surface area contributed by atoms with Gasteiger partial charge in [-0.05, 0) is 25.5 Å². The second kappa shape index (κ2) is 7.44. The Morgan fingerprint density at radius 2 is 2.08 bits per heavy atom. The second-order valence-corrected chi connectivity index (χ2v) is 7.12. The number of β-amino-alcohol motifs (C(OH)–C–C–N with tert-alkyl or cyclic N) is 1. The lowest BCUT2D eigenvalue weighted by molar-refractivity contribution is -0.146. The van der Waals surface area contributed by atoms with Crippen molar-refractivity contribution in [2.45, 2.75) is 44.3 Å². The van der Waals surface area contributed by atoms with Crippen molar-refractivity contribution in [2.75, 3.05) is 26.2 Å². The monoisotopic (exact) mass is 346 g/mol. The lowest BCUT2D eigenvalue weighted by Crippen LogP contribution is -2.58. The van der Waals surface area contributed by atoms with Crippen molar-refractivity contribution in [1.82, 2.24) is 9.80 Å². The van der Waals surface area contributed by atoms with Gasteiger partial charge in [-0.25, -0.2) is 0 Å². The summed E-state index contributed by atoms with van der Waals surface area (Å²) in [6.45, 7) is 3.73. The van der Waals surface area contributed by atoms with Gasteiger partial charge in [0, 0.05) is 38.9 Å². The molecule has 0 aromatic heterocycles. The SMILES string of the molecule is C[C@]1(O)CN(C(=O)CCN2CCCC2=O)CC[C@@H]1Oc1ccccc1. The van der Waals surface area contributed by atoms with E-state index in [-0.39, 0.29) is 24.5 Å². The summed E-state index contributed by atoms with van der Waals surface area (Å²) in [7, 11) is 0. The molecular formula is C19H26N2O4. The third-order valence-electron chi connectivity index (χ3n) is 5.01. The number of likely N-dealkylation sites (tertiary alicyclic amines) is 2. The summed E-state index contributed by atoms with van der Waals surface area (Å²) in [5.74, 6) is 0.841. The smallest absolute Gasteiger partial charge is 0.224 e. The molecule has 136 valence electrons.